The second-order valence-electron chi connectivity index (χ2n) is 4.15. The number of benzene rings is 1. The molecule has 0 unspecified atom stereocenters. The summed E-state index contributed by atoms with van der Waals surface area (Å²) < 4.78 is 2.88. The van der Waals surface area contributed by atoms with Gasteiger partial charge in [0.15, 0.2) is 5.82 Å². The van der Waals surface area contributed by atoms with E-state index in [0.717, 1.165) is 46.0 Å². The number of thioether (sulfide) groups is 1. The molecule has 2 N–H and O–H groups in total. The zero-order valence-electron chi connectivity index (χ0n) is 10.7. The van der Waals surface area contributed by atoms with Crippen molar-refractivity contribution in [3.63, 3.8) is 0 Å². The minimum atomic E-state index is 0.749. The Hall–Kier alpha value is -1.08. The highest BCUT2D eigenvalue weighted by molar-refractivity contribution is 9.10. The maximum absolute atomic E-state index is 5.72. The standard InChI is InChI=1S/C12H16BrN5S/c1-2-3-6-18-12(15-16-17-18)8-19-11-5-4-9(14)7-10(11)13/h4-5,7H,2-3,6,8,14H2,1H3. The van der Waals surface area contributed by atoms with Gasteiger partial charge in [0.1, 0.15) is 0 Å². The second-order valence-corrected chi connectivity index (χ2v) is 6.02. The highest BCUT2D eigenvalue weighted by atomic mass is 79.9. The molecule has 0 saturated carbocycles. The van der Waals surface area contributed by atoms with Crippen LogP contribution in [-0.2, 0) is 12.3 Å². The van der Waals surface area contributed by atoms with Crippen molar-refractivity contribution in [1.29, 1.82) is 0 Å². The van der Waals surface area contributed by atoms with E-state index in [1.54, 1.807) is 11.8 Å². The molecule has 0 spiro atoms. The van der Waals surface area contributed by atoms with Gasteiger partial charge in [0.25, 0.3) is 0 Å². The van der Waals surface area contributed by atoms with Crippen LogP contribution in [0.15, 0.2) is 27.6 Å². The summed E-state index contributed by atoms with van der Waals surface area (Å²) in [7, 11) is 0. The van der Waals surface area contributed by atoms with E-state index in [1.165, 1.54) is 0 Å². The topological polar surface area (TPSA) is 69.6 Å². The third-order valence-electron chi connectivity index (χ3n) is 2.64. The molecule has 1 heterocycles. The molecule has 0 radical (unpaired) electrons. The van der Waals surface area contributed by atoms with Crippen molar-refractivity contribution in [2.75, 3.05) is 5.73 Å². The van der Waals surface area contributed by atoms with Gasteiger partial charge in [-0.3, -0.25) is 0 Å². The van der Waals surface area contributed by atoms with Crippen LogP contribution in [0.25, 0.3) is 0 Å². The first-order valence-electron chi connectivity index (χ1n) is 6.13. The number of rotatable bonds is 6. The average molecular weight is 342 g/mol. The van der Waals surface area contributed by atoms with Gasteiger partial charge in [0.05, 0.1) is 5.75 Å². The van der Waals surface area contributed by atoms with Crippen LogP contribution in [-0.4, -0.2) is 20.2 Å². The monoisotopic (exact) mass is 341 g/mol. The number of nitrogen functional groups attached to an aromatic ring is 1. The lowest BCUT2D eigenvalue weighted by molar-refractivity contribution is 0.540. The molecule has 7 heteroatoms. The number of nitrogens with zero attached hydrogens (tertiary/aromatic N) is 4. The lowest BCUT2D eigenvalue weighted by Crippen LogP contribution is -2.05. The van der Waals surface area contributed by atoms with E-state index in [-0.39, 0.29) is 0 Å². The summed E-state index contributed by atoms with van der Waals surface area (Å²) in [6.07, 6.45) is 2.23. The lowest BCUT2D eigenvalue weighted by Gasteiger charge is -2.06. The third-order valence-corrected chi connectivity index (χ3v) is 4.63. The van der Waals surface area contributed by atoms with Crippen LogP contribution >= 0.6 is 27.7 Å². The molecule has 1 aromatic heterocycles. The van der Waals surface area contributed by atoms with Crippen molar-refractivity contribution >= 4 is 33.4 Å². The number of hydrogen-bond donors (Lipinski definition) is 1. The van der Waals surface area contributed by atoms with Gasteiger partial charge in [-0.05, 0) is 51.0 Å². The average Bonchev–Trinajstić information content (AvgIpc) is 2.83. The maximum Gasteiger partial charge on any atom is 0.161 e. The van der Waals surface area contributed by atoms with E-state index in [1.807, 2.05) is 22.9 Å². The molecular formula is C12H16BrN5S. The number of tetrazole rings is 1. The second kappa shape index (κ2) is 6.91. The van der Waals surface area contributed by atoms with Crippen LogP contribution < -0.4 is 5.73 Å². The van der Waals surface area contributed by atoms with E-state index in [0.29, 0.717) is 0 Å². The molecule has 1 aromatic carbocycles. The number of halogens is 1. The normalized spacial score (nSPS) is 10.8. The van der Waals surface area contributed by atoms with E-state index in [2.05, 4.69) is 38.4 Å². The number of anilines is 1. The molecular weight excluding hydrogens is 326 g/mol. The van der Waals surface area contributed by atoms with Crippen molar-refractivity contribution in [2.24, 2.45) is 0 Å². The van der Waals surface area contributed by atoms with Crippen LogP contribution in [0, 0.1) is 0 Å². The lowest BCUT2D eigenvalue weighted by atomic mass is 10.3. The summed E-state index contributed by atoms with van der Waals surface area (Å²) in [6.45, 7) is 3.03. The first kappa shape index (κ1) is 14.3. The van der Waals surface area contributed by atoms with Crippen LogP contribution in [0.4, 0.5) is 5.69 Å². The summed E-state index contributed by atoms with van der Waals surface area (Å²) in [4.78, 5) is 1.14. The largest absolute Gasteiger partial charge is 0.399 e. The molecule has 19 heavy (non-hydrogen) atoms. The Morgan fingerprint density at radius 3 is 3.00 bits per heavy atom. The third kappa shape index (κ3) is 3.94. The van der Waals surface area contributed by atoms with E-state index in [4.69, 9.17) is 5.73 Å². The Balaban J connectivity index is 2.00. The SMILES string of the molecule is CCCCn1nnnc1CSc1ccc(N)cc1Br. The zero-order chi connectivity index (χ0) is 13.7. The van der Waals surface area contributed by atoms with Crippen LogP contribution in [0.2, 0.25) is 0 Å². The molecule has 0 aliphatic heterocycles. The van der Waals surface area contributed by atoms with E-state index >= 15 is 0 Å². The van der Waals surface area contributed by atoms with Crippen molar-refractivity contribution in [3.05, 3.63) is 28.5 Å². The van der Waals surface area contributed by atoms with Crippen LogP contribution in [0.3, 0.4) is 0 Å². The Labute approximate surface area is 125 Å². The number of aryl methyl sites for hydroxylation is 1. The molecule has 0 bridgehead atoms. The summed E-state index contributed by atoms with van der Waals surface area (Å²) >= 11 is 5.21. The smallest absolute Gasteiger partial charge is 0.161 e. The summed E-state index contributed by atoms with van der Waals surface area (Å²) in [5, 5.41) is 11.8. The molecule has 102 valence electrons. The highest BCUT2D eigenvalue weighted by Gasteiger charge is 2.08. The van der Waals surface area contributed by atoms with E-state index < -0.39 is 0 Å². The molecule has 0 aliphatic carbocycles. The minimum absolute atomic E-state index is 0.749. The highest BCUT2D eigenvalue weighted by Crippen LogP contribution is 2.30. The molecule has 0 aliphatic rings. The quantitative estimate of drug-likeness (QED) is 0.645. The molecule has 0 amide bonds. The molecule has 2 aromatic rings. The minimum Gasteiger partial charge on any atom is -0.399 e. The molecule has 5 nitrogen and oxygen atoms in total. The molecule has 0 fully saturated rings. The van der Waals surface area contributed by atoms with Crippen molar-refractivity contribution < 1.29 is 0 Å². The summed E-state index contributed by atoms with van der Waals surface area (Å²) in [5.74, 6) is 1.65. The van der Waals surface area contributed by atoms with Gasteiger partial charge >= 0.3 is 0 Å². The zero-order valence-corrected chi connectivity index (χ0v) is 13.1. The van der Waals surface area contributed by atoms with Gasteiger partial charge in [-0.2, -0.15) is 0 Å². The van der Waals surface area contributed by atoms with Crippen LogP contribution in [0.5, 0.6) is 0 Å². The van der Waals surface area contributed by atoms with Crippen molar-refractivity contribution in [2.45, 2.75) is 37.0 Å². The fraction of sp³-hybridized carbons (Fsp3) is 0.417. The predicted octanol–water partition coefficient (Wildman–Crippen LogP) is 3.11. The van der Waals surface area contributed by atoms with Gasteiger partial charge < -0.3 is 5.73 Å². The Morgan fingerprint density at radius 2 is 2.26 bits per heavy atom. The van der Waals surface area contributed by atoms with Gasteiger partial charge in [-0.25, -0.2) is 4.68 Å². The fourth-order valence-electron chi connectivity index (χ4n) is 1.58. The van der Waals surface area contributed by atoms with Gasteiger partial charge in [0.2, 0.25) is 0 Å². The van der Waals surface area contributed by atoms with Gasteiger partial charge in [-0.1, -0.05) is 13.3 Å². The molecule has 0 saturated heterocycles. The van der Waals surface area contributed by atoms with Crippen LogP contribution in [0.1, 0.15) is 25.6 Å². The summed E-state index contributed by atoms with van der Waals surface area (Å²) in [6, 6.07) is 5.81. The number of aromatic nitrogens is 4. The predicted molar refractivity (Wildman–Crippen MR) is 80.8 cm³/mol. The molecule has 0 atom stereocenters. The molecule has 2 rings (SSSR count). The fourth-order valence-corrected chi connectivity index (χ4v) is 3.18. The maximum atomic E-state index is 5.72. The number of unbranched alkanes of at least 4 members (excludes halogenated alkanes) is 1. The Kier molecular flexibility index (Phi) is 5.21. The van der Waals surface area contributed by atoms with Crippen molar-refractivity contribution in [3.8, 4) is 0 Å². The Bertz CT molecular complexity index is 543. The first-order chi connectivity index (χ1) is 9.20. The number of nitrogens with two attached hydrogens (primary N) is 1. The first-order valence-corrected chi connectivity index (χ1v) is 7.91. The number of hydrogen-bond acceptors (Lipinski definition) is 5. The van der Waals surface area contributed by atoms with E-state index in [9.17, 15) is 0 Å². The van der Waals surface area contributed by atoms with Gasteiger partial charge in [-0.15, -0.1) is 16.9 Å². The summed E-state index contributed by atoms with van der Waals surface area (Å²) in [5.41, 5.74) is 6.48. The van der Waals surface area contributed by atoms with Gasteiger partial charge in [0, 0.05) is 21.6 Å². The Morgan fingerprint density at radius 1 is 1.42 bits per heavy atom. The van der Waals surface area contributed by atoms with Crippen molar-refractivity contribution in [1.82, 2.24) is 20.2 Å².